The fourth-order valence-electron chi connectivity index (χ4n) is 2.34. The van der Waals surface area contributed by atoms with E-state index in [2.05, 4.69) is 0 Å². The summed E-state index contributed by atoms with van der Waals surface area (Å²) in [4.78, 5) is 12.7. The van der Waals surface area contributed by atoms with Gasteiger partial charge in [-0.15, -0.1) is 0 Å². The van der Waals surface area contributed by atoms with E-state index in [-0.39, 0.29) is 5.78 Å². The Morgan fingerprint density at radius 2 is 1.68 bits per heavy atom. The van der Waals surface area contributed by atoms with E-state index in [1.807, 2.05) is 57.2 Å². The van der Waals surface area contributed by atoms with Crippen molar-refractivity contribution in [1.29, 1.82) is 0 Å². The molecule has 0 N–H and O–H groups in total. The second-order valence-corrected chi connectivity index (χ2v) is 4.80. The Balaban J connectivity index is 2.59. The van der Waals surface area contributed by atoms with Crippen LogP contribution in [0.15, 0.2) is 36.4 Å². The normalized spacial score (nSPS) is 10.3. The van der Waals surface area contributed by atoms with Crippen LogP contribution in [0.3, 0.4) is 0 Å². The highest BCUT2D eigenvalue weighted by Gasteiger charge is 2.18. The first-order chi connectivity index (χ1) is 9.04. The van der Waals surface area contributed by atoms with Gasteiger partial charge in [0.25, 0.3) is 0 Å². The third-order valence-electron chi connectivity index (χ3n) is 3.28. The molecule has 0 aromatic heterocycles. The molecule has 0 radical (unpaired) electrons. The number of hydrogen-bond donors (Lipinski definition) is 0. The van der Waals surface area contributed by atoms with E-state index in [9.17, 15) is 4.79 Å². The van der Waals surface area contributed by atoms with Gasteiger partial charge in [-0.25, -0.2) is 0 Å². The standard InChI is InChI=1S/C17H18O2/c1-11-9-13(3)16(15(10-11)19-4)17(18)14-8-6-5-7-12(14)2/h5-10H,1-4H3. The number of ether oxygens (including phenoxy) is 1. The molecule has 19 heavy (non-hydrogen) atoms. The Labute approximate surface area is 114 Å². The topological polar surface area (TPSA) is 26.3 Å². The summed E-state index contributed by atoms with van der Waals surface area (Å²) in [5.41, 5.74) is 4.41. The van der Waals surface area contributed by atoms with Crippen molar-refractivity contribution in [3.63, 3.8) is 0 Å². The summed E-state index contributed by atoms with van der Waals surface area (Å²) in [6.07, 6.45) is 0. The SMILES string of the molecule is COc1cc(C)cc(C)c1C(=O)c1ccccc1C. The van der Waals surface area contributed by atoms with Crippen molar-refractivity contribution in [1.82, 2.24) is 0 Å². The fourth-order valence-corrected chi connectivity index (χ4v) is 2.34. The van der Waals surface area contributed by atoms with Gasteiger partial charge in [0.1, 0.15) is 5.75 Å². The molecular formula is C17H18O2. The molecule has 0 bridgehead atoms. The maximum atomic E-state index is 12.7. The molecule has 2 heteroatoms. The molecular weight excluding hydrogens is 236 g/mol. The van der Waals surface area contributed by atoms with E-state index in [0.29, 0.717) is 11.3 Å². The second kappa shape index (κ2) is 5.27. The van der Waals surface area contributed by atoms with Crippen LogP contribution in [0.1, 0.15) is 32.6 Å². The van der Waals surface area contributed by atoms with Crippen LogP contribution in [0.5, 0.6) is 5.75 Å². The Hall–Kier alpha value is -2.09. The van der Waals surface area contributed by atoms with Crippen LogP contribution in [0.4, 0.5) is 0 Å². The molecule has 0 saturated carbocycles. The predicted octanol–water partition coefficient (Wildman–Crippen LogP) is 3.85. The van der Waals surface area contributed by atoms with Crippen LogP contribution in [0.25, 0.3) is 0 Å². The molecule has 2 aromatic rings. The van der Waals surface area contributed by atoms with Gasteiger partial charge in [0.15, 0.2) is 5.78 Å². The Kier molecular flexibility index (Phi) is 3.70. The number of carbonyl (C=O) groups excluding carboxylic acids is 1. The van der Waals surface area contributed by atoms with Gasteiger partial charge in [-0.05, 0) is 43.5 Å². The minimum Gasteiger partial charge on any atom is -0.496 e. The summed E-state index contributed by atoms with van der Waals surface area (Å²) in [5.74, 6) is 0.665. The van der Waals surface area contributed by atoms with Crippen molar-refractivity contribution in [2.24, 2.45) is 0 Å². The first-order valence-corrected chi connectivity index (χ1v) is 6.30. The second-order valence-electron chi connectivity index (χ2n) is 4.80. The Morgan fingerprint density at radius 1 is 1.00 bits per heavy atom. The van der Waals surface area contributed by atoms with E-state index in [0.717, 1.165) is 22.3 Å². The van der Waals surface area contributed by atoms with Gasteiger partial charge in [0, 0.05) is 5.56 Å². The van der Waals surface area contributed by atoms with Gasteiger partial charge < -0.3 is 4.74 Å². The number of rotatable bonds is 3. The number of hydrogen-bond acceptors (Lipinski definition) is 2. The van der Waals surface area contributed by atoms with Crippen LogP contribution in [0, 0.1) is 20.8 Å². The molecule has 98 valence electrons. The lowest BCUT2D eigenvalue weighted by molar-refractivity contribution is 0.103. The quantitative estimate of drug-likeness (QED) is 0.778. The third kappa shape index (κ3) is 2.53. The monoisotopic (exact) mass is 254 g/mol. The van der Waals surface area contributed by atoms with Crippen LogP contribution < -0.4 is 4.74 Å². The molecule has 0 aliphatic heterocycles. The van der Waals surface area contributed by atoms with Crippen LogP contribution in [0.2, 0.25) is 0 Å². The first-order valence-electron chi connectivity index (χ1n) is 6.30. The zero-order chi connectivity index (χ0) is 14.0. The van der Waals surface area contributed by atoms with Gasteiger partial charge >= 0.3 is 0 Å². The summed E-state index contributed by atoms with van der Waals surface area (Å²) in [5, 5.41) is 0. The smallest absolute Gasteiger partial charge is 0.197 e. The van der Waals surface area contributed by atoms with Gasteiger partial charge in [0.2, 0.25) is 0 Å². The summed E-state index contributed by atoms with van der Waals surface area (Å²) >= 11 is 0. The highest BCUT2D eigenvalue weighted by atomic mass is 16.5. The van der Waals surface area contributed by atoms with Crippen molar-refractivity contribution in [3.05, 3.63) is 64.2 Å². The number of aryl methyl sites for hydroxylation is 3. The number of methoxy groups -OCH3 is 1. The molecule has 0 unspecified atom stereocenters. The van der Waals surface area contributed by atoms with Crippen LogP contribution in [-0.2, 0) is 0 Å². The summed E-state index contributed by atoms with van der Waals surface area (Å²) in [6.45, 7) is 5.89. The minimum atomic E-state index is 0.0208. The summed E-state index contributed by atoms with van der Waals surface area (Å²) in [7, 11) is 1.60. The van der Waals surface area contributed by atoms with Crippen LogP contribution >= 0.6 is 0 Å². The average Bonchev–Trinajstić information content (AvgIpc) is 2.37. The van der Waals surface area contributed by atoms with E-state index in [1.165, 1.54) is 0 Å². The van der Waals surface area contributed by atoms with Crippen molar-refractivity contribution in [3.8, 4) is 5.75 Å². The molecule has 0 aliphatic rings. The zero-order valence-electron chi connectivity index (χ0n) is 11.8. The van der Waals surface area contributed by atoms with Crippen molar-refractivity contribution in [2.75, 3.05) is 7.11 Å². The molecule has 0 heterocycles. The third-order valence-corrected chi connectivity index (χ3v) is 3.28. The van der Waals surface area contributed by atoms with E-state index in [4.69, 9.17) is 4.74 Å². The largest absolute Gasteiger partial charge is 0.496 e. The van der Waals surface area contributed by atoms with Gasteiger partial charge in [0.05, 0.1) is 12.7 Å². The lowest BCUT2D eigenvalue weighted by atomic mass is 9.94. The lowest BCUT2D eigenvalue weighted by Crippen LogP contribution is -2.08. The van der Waals surface area contributed by atoms with Gasteiger partial charge in [-0.1, -0.05) is 30.3 Å². The summed E-state index contributed by atoms with van der Waals surface area (Å²) in [6, 6.07) is 11.5. The molecule has 2 nitrogen and oxygen atoms in total. The first kappa shape index (κ1) is 13.3. The molecule has 0 saturated heterocycles. The highest BCUT2D eigenvalue weighted by molar-refractivity contribution is 6.12. The molecule has 0 fully saturated rings. The predicted molar refractivity (Wildman–Crippen MR) is 77.1 cm³/mol. The molecule has 2 rings (SSSR count). The van der Waals surface area contributed by atoms with Crippen LogP contribution in [-0.4, -0.2) is 12.9 Å². The number of benzene rings is 2. The maximum absolute atomic E-state index is 12.7. The Bertz CT molecular complexity index is 627. The van der Waals surface area contributed by atoms with E-state index >= 15 is 0 Å². The molecule has 0 spiro atoms. The van der Waals surface area contributed by atoms with E-state index < -0.39 is 0 Å². The molecule has 0 atom stereocenters. The molecule has 0 aliphatic carbocycles. The maximum Gasteiger partial charge on any atom is 0.197 e. The summed E-state index contributed by atoms with van der Waals surface area (Å²) < 4.78 is 5.37. The fraction of sp³-hybridized carbons (Fsp3) is 0.235. The van der Waals surface area contributed by atoms with Gasteiger partial charge in [-0.3, -0.25) is 4.79 Å². The number of carbonyl (C=O) groups is 1. The minimum absolute atomic E-state index is 0.0208. The molecule has 0 amide bonds. The lowest BCUT2D eigenvalue weighted by Gasteiger charge is -2.13. The van der Waals surface area contributed by atoms with Crippen molar-refractivity contribution >= 4 is 5.78 Å². The van der Waals surface area contributed by atoms with E-state index in [1.54, 1.807) is 7.11 Å². The van der Waals surface area contributed by atoms with Crippen molar-refractivity contribution < 1.29 is 9.53 Å². The van der Waals surface area contributed by atoms with Crippen molar-refractivity contribution in [2.45, 2.75) is 20.8 Å². The zero-order valence-corrected chi connectivity index (χ0v) is 11.8. The Morgan fingerprint density at radius 3 is 2.32 bits per heavy atom. The van der Waals surface area contributed by atoms with Gasteiger partial charge in [-0.2, -0.15) is 0 Å². The number of ketones is 1. The average molecular weight is 254 g/mol. The highest BCUT2D eigenvalue weighted by Crippen LogP contribution is 2.27. The molecule has 2 aromatic carbocycles.